The molecule has 1 amide bonds. The second-order valence-corrected chi connectivity index (χ2v) is 11.5. The molecule has 0 radical (unpaired) electrons. The summed E-state index contributed by atoms with van der Waals surface area (Å²) < 4.78 is 9.94. The van der Waals surface area contributed by atoms with Crippen molar-refractivity contribution in [3.63, 3.8) is 0 Å². The molecular formula is C29H35ClN8O4. The van der Waals surface area contributed by atoms with Crippen LogP contribution < -0.4 is 21.5 Å². The number of hydrogen-bond acceptors (Lipinski definition) is 8. The molecule has 0 bridgehead atoms. The Hall–Kier alpha value is -4.19. The molecule has 12 nitrogen and oxygen atoms in total. The average Bonchev–Trinajstić information content (AvgIpc) is 3.32. The van der Waals surface area contributed by atoms with E-state index in [4.69, 9.17) is 21.3 Å². The smallest absolute Gasteiger partial charge is 0.407 e. The van der Waals surface area contributed by atoms with E-state index < -0.39 is 17.3 Å². The number of allylic oxidation sites excluding steroid dienone is 2. The van der Waals surface area contributed by atoms with E-state index in [1.165, 1.54) is 4.57 Å². The quantitative estimate of drug-likeness (QED) is 0.344. The van der Waals surface area contributed by atoms with Crippen LogP contribution in [0.15, 0.2) is 45.0 Å². The predicted molar refractivity (Wildman–Crippen MR) is 162 cm³/mol. The van der Waals surface area contributed by atoms with Crippen molar-refractivity contribution < 1.29 is 9.53 Å². The Labute approximate surface area is 247 Å². The van der Waals surface area contributed by atoms with Gasteiger partial charge in [0.25, 0.3) is 5.56 Å². The summed E-state index contributed by atoms with van der Waals surface area (Å²) in [6, 6.07) is 7.57. The first-order valence-electron chi connectivity index (χ1n) is 14.0. The van der Waals surface area contributed by atoms with E-state index in [-0.39, 0.29) is 36.4 Å². The van der Waals surface area contributed by atoms with Gasteiger partial charge in [-0.2, -0.15) is 4.98 Å². The third-order valence-electron chi connectivity index (χ3n) is 7.25. The highest BCUT2D eigenvalue weighted by atomic mass is 35.5. The third kappa shape index (κ3) is 5.89. The lowest BCUT2D eigenvalue weighted by molar-refractivity contribution is 0.0862. The first kappa shape index (κ1) is 29.3. The number of ether oxygens (including phenoxy) is 1. The minimum absolute atomic E-state index is 0.0423. The number of alkyl carbamates (subject to hydrolysis) is 1. The summed E-state index contributed by atoms with van der Waals surface area (Å²) in [7, 11) is 1.59. The lowest BCUT2D eigenvalue weighted by Crippen LogP contribution is -2.44. The number of aryl methyl sites for hydroxylation is 2. The van der Waals surface area contributed by atoms with Crippen molar-refractivity contribution in [2.45, 2.75) is 65.8 Å². The van der Waals surface area contributed by atoms with E-state index in [1.54, 1.807) is 24.6 Å². The number of carbonyl (C=O) groups is 1. The van der Waals surface area contributed by atoms with Crippen molar-refractivity contribution in [1.29, 1.82) is 0 Å². The molecule has 1 fully saturated rings. The highest BCUT2D eigenvalue weighted by Crippen LogP contribution is 2.25. The van der Waals surface area contributed by atoms with Crippen LogP contribution >= 0.6 is 11.6 Å². The van der Waals surface area contributed by atoms with Crippen molar-refractivity contribution in [1.82, 2.24) is 34.0 Å². The second-order valence-electron chi connectivity index (χ2n) is 10.9. The topological polar surface area (TPSA) is 129 Å². The molecule has 5 rings (SSSR count). The van der Waals surface area contributed by atoms with Crippen LogP contribution in [-0.4, -0.2) is 60.0 Å². The van der Waals surface area contributed by atoms with Gasteiger partial charge in [-0.1, -0.05) is 35.9 Å². The molecule has 13 heteroatoms. The summed E-state index contributed by atoms with van der Waals surface area (Å²) >= 11 is 6.20. The summed E-state index contributed by atoms with van der Waals surface area (Å²) in [6.45, 7) is 8.57. The number of para-hydroxylation sites is 1. The van der Waals surface area contributed by atoms with Gasteiger partial charge >= 0.3 is 11.8 Å². The van der Waals surface area contributed by atoms with E-state index in [9.17, 15) is 14.4 Å². The number of nitrogens with zero attached hydrogens (tertiary/aromatic N) is 7. The van der Waals surface area contributed by atoms with Gasteiger partial charge in [-0.3, -0.25) is 13.9 Å². The lowest BCUT2D eigenvalue weighted by Gasteiger charge is -2.33. The Bertz CT molecular complexity index is 1800. The molecular weight excluding hydrogens is 560 g/mol. The fourth-order valence-corrected chi connectivity index (χ4v) is 5.34. The normalized spacial score (nSPS) is 16.0. The van der Waals surface area contributed by atoms with Gasteiger partial charge in [0.1, 0.15) is 11.9 Å². The standard InChI is InChI=1S/C29H35ClN8O4/c1-17(2)31-28(40)42-20-9-8-13-36(15-20)27-34-25-24(37(27)14-12-18(3)30)26(39)38(29(41)35(25)5)16-23-32-19(4)21-10-6-7-11-22(21)33-23/h6-7,10-12,17,20H,8-9,13-16H2,1-5H3,(H,31,40). The first-order valence-corrected chi connectivity index (χ1v) is 14.4. The van der Waals surface area contributed by atoms with Crippen LogP contribution in [0.2, 0.25) is 0 Å². The number of halogens is 1. The Balaban J connectivity index is 1.58. The van der Waals surface area contributed by atoms with Crippen molar-refractivity contribution >= 4 is 45.7 Å². The first-order chi connectivity index (χ1) is 20.0. The van der Waals surface area contributed by atoms with Crippen molar-refractivity contribution in [3.05, 3.63) is 67.7 Å². The average molecular weight is 595 g/mol. The summed E-state index contributed by atoms with van der Waals surface area (Å²) in [5.74, 6) is 0.864. The number of anilines is 1. The maximum Gasteiger partial charge on any atom is 0.407 e. The number of carbonyl (C=O) groups excluding carboxylic acids is 1. The monoisotopic (exact) mass is 594 g/mol. The van der Waals surface area contributed by atoms with Crippen molar-refractivity contribution in [2.75, 3.05) is 18.0 Å². The van der Waals surface area contributed by atoms with E-state index in [2.05, 4.69) is 15.3 Å². The highest BCUT2D eigenvalue weighted by Gasteiger charge is 2.29. The fraction of sp³-hybridized carbons (Fsp3) is 0.448. The van der Waals surface area contributed by atoms with Crippen LogP contribution in [0.25, 0.3) is 22.1 Å². The lowest BCUT2D eigenvalue weighted by atomic mass is 10.1. The number of rotatable bonds is 7. The molecule has 0 spiro atoms. The molecule has 1 aliphatic rings. The minimum atomic E-state index is -0.521. The van der Waals surface area contributed by atoms with Gasteiger partial charge in [0, 0.05) is 42.3 Å². The van der Waals surface area contributed by atoms with Crippen LogP contribution in [0.4, 0.5) is 10.7 Å². The second kappa shape index (κ2) is 12.0. The molecule has 222 valence electrons. The summed E-state index contributed by atoms with van der Waals surface area (Å²) in [5, 5.41) is 4.22. The number of piperidine rings is 1. The predicted octanol–water partition coefficient (Wildman–Crippen LogP) is 3.44. The maximum absolute atomic E-state index is 14.0. The van der Waals surface area contributed by atoms with Gasteiger partial charge in [-0.25, -0.2) is 19.6 Å². The highest BCUT2D eigenvalue weighted by molar-refractivity contribution is 6.29. The fourth-order valence-electron chi connectivity index (χ4n) is 5.28. The summed E-state index contributed by atoms with van der Waals surface area (Å²) in [4.78, 5) is 55.7. The molecule has 1 aliphatic heterocycles. The zero-order valence-electron chi connectivity index (χ0n) is 24.4. The molecule has 3 aromatic heterocycles. The Morgan fingerprint density at radius 1 is 1.19 bits per heavy atom. The van der Waals surface area contributed by atoms with E-state index in [0.717, 1.165) is 27.6 Å². The molecule has 0 saturated carbocycles. The molecule has 1 N–H and O–H groups in total. The molecule has 42 heavy (non-hydrogen) atoms. The largest absolute Gasteiger partial charge is 0.444 e. The molecule has 0 aliphatic carbocycles. The zero-order chi connectivity index (χ0) is 30.1. The van der Waals surface area contributed by atoms with E-state index in [0.29, 0.717) is 36.3 Å². The number of amides is 1. The number of fused-ring (bicyclic) bond motifs is 2. The zero-order valence-corrected chi connectivity index (χ0v) is 25.2. The van der Waals surface area contributed by atoms with Crippen LogP contribution in [-0.2, 0) is 24.9 Å². The van der Waals surface area contributed by atoms with Crippen molar-refractivity contribution in [2.24, 2.45) is 7.05 Å². The Morgan fingerprint density at radius 3 is 2.69 bits per heavy atom. The molecule has 1 atom stereocenters. The van der Waals surface area contributed by atoms with Gasteiger partial charge in [0.15, 0.2) is 11.2 Å². The summed E-state index contributed by atoms with van der Waals surface area (Å²) in [5.41, 5.74) is 1.01. The molecule has 4 heterocycles. The van der Waals surface area contributed by atoms with Gasteiger partial charge < -0.3 is 19.5 Å². The maximum atomic E-state index is 14.0. The minimum Gasteiger partial charge on any atom is -0.444 e. The number of benzene rings is 1. The van der Waals surface area contributed by atoms with Crippen LogP contribution in [0.1, 0.15) is 45.1 Å². The van der Waals surface area contributed by atoms with E-state index in [1.807, 2.05) is 49.9 Å². The van der Waals surface area contributed by atoms with Gasteiger partial charge in [0.05, 0.1) is 18.6 Å². The number of aromatic nitrogens is 6. The third-order valence-corrected chi connectivity index (χ3v) is 7.40. The SMILES string of the molecule is CC(Cl)=CCn1c(N2CCCC(OC(=O)NC(C)C)C2)nc2c1c(=O)n(Cc1nc(C)c3ccccc3n1)c(=O)n2C. The number of nitrogens with one attached hydrogen (secondary N) is 1. The number of imidazole rings is 1. The van der Waals surface area contributed by atoms with Gasteiger partial charge in [-0.05, 0) is 46.6 Å². The molecule has 4 aromatic rings. The Kier molecular flexibility index (Phi) is 8.35. The Morgan fingerprint density at radius 2 is 1.95 bits per heavy atom. The number of hydrogen-bond donors (Lipinski definition) is 1. The van der Waals surface area contributed by atoms with Crippen LogP contribution in [0.5, 0.6) is 0 Å². The van der Waals surface area contributed by atoms with E-state index >= 15 is 0 Å². The van der Waals surface area contributed by atoms with Crippen molar-refractivity contribution in [3.8, 4) is 0 Å². The summed E-state index contributed by atoms with van der Waals surface area (Å²) in [6.07, 6.45) is 2.42. The molecule has 1 saturated heterocycles. The van der Waals surface area contributed by atoms with Crippen LogP contribution in [0, 0.1) is 6.92 Å². The van der Waals surface area contributed by atoms with Gasteiger partial charge in [0.2, 0.25) is 5.95 Å². The van der Waals surface area contributed by atoms with Gasteiger partial charge in [-0.15, -0.1) is 0 Å². The molecule has 1 unspecified atom stereocenters. The van der Waals surface area contributed by atoms with Crippen LogP contribution in [0.3, 0.4) is 0 Å². The molecule has 1 aromatic carbocycles.